The molecule has 0 aliphatic heterocycles. The maximum atomic E-state index is 11.2. The molecular formula is C27H48O2. The summed E-state index contributed by atoms with van der Waals surface area (Å²) >= 11 is 0. The summed E-state index contributed by atoms with van der Waals surface area (Å²) in [4.78, 5) is 0. The summed E-state index contributed by atoms with van der Waals surface area (Å²) in [6.07, 6.45) is 13.3. The van der Waals surface area contributed by atoms with Gasteiger partial charge in [0.1, 0.15) is 0 Å². The molecule has 0 aromatic carbocycles. The lowest BCUT2D eigenvalue weighted by Gasteiger charge is -2.62. The Morgan fingerprint density at radius 2 is 1.48 bits per heavy atom. The van der Waals surface area contributed by atoms with Crippen molar-refractivity contribution in [2.75, 3.05) is 0 Å². The molecule has 4 aliphatic carbocycles. The first-order chi connectivity index (χ1) is 13.7. The highest BCUT2D eigenvalue weighted by molar-refractivity contribution is 5.11. The fraction of sp³-hybridized carbons (Fsp3) is 1.00. The minimum absolute atomic E-state index is 0.185. The average Bonchev–Trinajstić information content (AvgIpc) is 3.00. The van der Waals surface area contributed by atoms with E-state index in [1.54, 1.807) is 0 Å². The van der Waals surface area contributed by atoms with Crippen molar-refractivity contribution < 1.29 is 10.2 Å². The van der Waals surface area contributed by atoms with Crippen LogP contribution in [-0.2, 0) is 0 Å². The minimum Gasteiger partial charge on any atom is -0.393 e. The molecule has 4 fully saturated rings. The van der Waals surface area contributed by atoms with Gasteiger partial charge in [0, 0.05) is 0 Å². The maximum absolute atomic E-state index is 11.2. The van der Waals surface area contributed by atoms with Crippen LogP contribution >= 0.6 is 0 Å². The summed E-state index contributed by atoms with van der Waals surface area (Å²) in [6, 6.07) is 0. The molecule has 2 N–H and O–H groups in total. The molecule has 2 heteroatoms. The van der Waals surface area contributed by atoms with Crippen LogP contribution in [0.5, 0.6) is 0 Å². The molecule has 0 spiro atoms. The van der Waals surface area contributed by atoms with Crippen molar-refractivity contribution in [1.29, 1.82) is 0 Å². The highest BCUT2D eigenvalue weighted by atomic mass is 16.3. The van der Waals surface area contributed by atoms with E-state index in [0.29, 0.717) is 17.3 Å². The molecule has 0 heterocycles. The van der Waals surface area contributed by atoms with Crippen LogP contribution < -0.4 is 0 Å². The van der Waals surface area contributed by atoms with Gasteiger partial charge in [0.2, 0.25) is 0 Å². The first kappa shape index (κ1) is 22.1. The van der Waals surface area contributed by atoms with Crippen LogP contribution in [-0.4, -0.2) is 22.4 Å². The van der Waals surface area contributed by atoms with E-state index in [2.05, 4.69) is 34.6 Å². The Morgan fingerprint density at radius 3 is 2.21 bits per heavy atom. The van der Waals surface area contributed by atoms with E-state index in [9.17, 15) is 10.2 Å². The Labute approximate surface area is 180 Å². The van der Waals surface area contributed by atoms with Gasteiger partial charge in [-0.05, 0) is 104 Å². The molecule has 4 saturated carbocycles. The van der Waals surface area contributed by atoms with Gasteiger partial charge in [-0.2, -0.15) is 0 Å². The van der Waals surface area contributed by atoms with E-state index < -0.39 is 0 Å². The predicted molar refractivity (Wildman–Crippen MR) is 120 cm³/mol. The van der Waals surface area contributed by atoms with Crippen molar-refractivity contribution in [1.82, 2.24) is 0 Å². The van der Waals surface area contributed by atoms with Crippen LogP contribution in [0, 0.1) is 52.3 Å². The molecule has 0 saturated heterocycles. The van der Waals surface area contributed by atoms with Gasteiger partial charge in [-0.25, -0.2) is 0 Å². The first-order valence-corrected chi connectivity index (χ1v) is 13.0. The standard InChI is InChI=1S/C27H48O2/c1-17(2)7-6-8-18(3)21-9-10-22-20-16-25(29)24-15-19(28)11-13-27(24,5)23(20)12-14-26(21,22)4/h17-25,28-29H,6-16H2,1-5H3/t18-,19-,20+,21-,22+,23+,24+,25+,26-,27-/m1/s1. The summed E-state index contributed by atoms with van der Waals surface area (Å²) < 4.78 is 0. The average molecular weight is 405 g/mol. The number of hydrogen-bond acceptors (Lipinski definition) is 2. The second-order valence-electron chi connectivity index (χ2n) is 12.8. The Kier molecular flexibility index (Phi) is 6.19. The number of hydrogen-bond donors (Lipinski definition) is 2. The molecule has 0 radical (unpaired) electrons. The van der Waals surface area contributed by atoms with Gasteiger partial charge in [0.05, 0.1) is 12.2 Å². The summed E-state index contributed by atoms with van der Waals surface area (Å²) in [6.45, 7) is 12.4. The largest absolute Gasteiger partial charge is 0.393 e. The zero-order valence-corrected chi connectivity index (χ0v) is 19.9. The van der Waals surface area contributed by atoms with Crippen LogP contribution in [0.1, 0.15) is 105 Å². The summed E-state index contributed by atoms with van der Waals surface area (Å²) in [7, 11) is 0. The minimum atomic E-state index is -0.193. The normalized spacial score (nSPS) is 50.7. The van der Waals surface area contributed by atoms with Crippen molar-refractivity contribution in [3.8, 4) is 0 Å². The van der Waals surface area contributed by atoms with Crippen molar-refractivity contribution >= 4 is 0 Å². The molecule has 29 heavy (non-hydrogen) atoms. The van der Waals surface area contributed by atoms with Crippen molar-refractivity contribution in [3.05, 3.63) is 0 Å². The van der Waals surface area contributed by atoms with Gasteiger partial charge < -0.3 is 10.2 Å². The van der Waals surface area contributed by atoms with Crippen molar-refractivity contribution in [2.45, 2.75) is 117 Å². The van der Waals surface area contributed by atoms with E-state index in [1.165, 1.54) is 44.9 Å². The van der Waals surface area contributed by atoms with Gasteiger partial charge in [-0.1, -0.05) is 53.9 Å². The zero-order valence-electron chi connectivity index (χ0n) is 19.9. The van der Waals surface area contributed by atoms with Gasteiger partial charge in [0.25, 0.3) is 0 Å². The third kappa shape index (κ3) is 3.73. The van der Waals surface area contributed by atoms with Crippen LogP contribution in [0.4, 0.5) is 0 Å². The lowest BCUT2D eigenvalue weighted by molar-refractivity contribution is -0.172. The van der Waals surface area contributed by atoms with Crippen molar-refractivity contribution in [3.63, 3.8) is 0 Å². The fourth-order valence-electron chi connectivity index (χ4n) is 9.30. The highest BCUT2D eigenvalue weighted by Gasteiger charge is 2.62. The molecule has 0 aromatic rings. The smallest absolute Gasteiger partial charge is 0.0577 e. The molecule has 4 rings (SSSR count). The van der Waals surface area contributed by atoms with E-state index in [-0.39, 0.29) is 17.6 Å². The highest BCUT2D eigenvalue weighted by Crippen LogP contribution is 2.68. The van der Waals surface area contributed by atoms with Crippen LogP contribution in [0.3, 0.4) is 0 Å². The molecule has 168 valence electrons. The van der Waals surface area contributed by atoms with E-state index >= 15 is 0 Å². The third-order valence-electron chi connectivity index (χ3n) is 10.9. The summed E-state index contributed by atoms with van der Waals surface area (Å²) in [5, 5.41) is 21.4. The van der Waals surface area contributed by atoms with Crippen molar-refractivity contribution in [2.24, 2.45) is 52.3 Å². The number of fused-ring (bicyclic) bond motifs is 5. The zero-order chi connectivity index (χ0) is 21.0. The molecule has 0 unspecified atom stereocenters. The van der Waals surface area contributed by atoms with Crippen LogP contribution in [0.25, 0.3) is 0 Å². The van der Waals surface area contributed by atoms with Gasteiger partial charge in [0.15, 0.2) is 0 Å². The predicted octanol–water partition coefficient (Wildman–Crippen LogP) is 6.44. The maximum Gasteiger partial charge on any atom is 0.0577 e. The number of aliphatic hydroxyl groups is 2. The van der Waals surface area contributed by atoms with Gasteiger partial charge >= 0.3 is 0 Å². The quantitative estimate of drug-likeness (QED) is 0.553. The van der Waals surface area contributed by atoms with E-state index in [1.807, 2.05) is 0 Å². The molecule has 0 amide bonds. The second kappa shape index (κ2) is 8.12. The third-order valence-corrected chi connectivity index (χ3v) is 10.9. The molecule has 0 bridgehead atoms. The monoisotopic (exact) mass is 404 g/mol. The molecule has 4 aliphatic rings. The lowest BCUT2D eigenvalue weighted by Crippen LogP contribution is -2.58. The molecule has 10 atom stereocenters. The molecular weight excluding hydrogens is 356 g/mol. The summed E-state index contributed by atoms with van der Waals surface area (Å²) in [5.74, 6) is 5.20. The number of aliphatic hydroxyl groups excluding tert-OH is 2. The SMILES string of the molecule is CC(C)CCC[C@@H](C)[C@H]1CC[C@H]2[C@@H]3C[C@H](O)[C@@H]4C[C@H](O)CC[C@]4(C)[C@H]3CC[C@]12C. The van der Waals surface area contributed by atoms with Gasteiger partial charge in [-0.3, -0.25) is 0 Å². The fourth-order valence-corrected chi connectivity index (χ4v) is 9.30. The lowest BCUT2D eigenvalue weighted by atomic mass is 9.44. The second-order valence-corrected chi connectivity index (χ2v) is 12.8. The first-order valence-electron chi connectivity index (χ1n) is 13.0. The Hall–Kier alpha value is -0.0800. The summed E-state index contributed by atoms with van der Waals surface area (Å²) in [5.41, 5.74) is 0.749. The van der Waals surface area contributed by atoms with Crippen LogP contribution in [0.15, 0.2) is 0 Å². The van der Waals surface area contributed by atoms with Gasteiger partial charge in [-0.15, -0.1) is 0 Å². The Bertz CT molecular complexity index is 573. The molecule has 2 nitrogen and oxygen atoms in total. The van der Waals surface area contributed by atoms with E-state index in [4.69, 9.17) is 0 Å². The number of rotatable bonds is 5. The topological polar surface area (TPSA) is 40.5 Å². The molecule has 0 aromatic heterocycles. The van der Waals surface area contributed by atoms with E-state index in [0.717, 1.165) is 55.3 Å². The van der Waals surface area contributed by atoms with Crippen LogP contribution in [0.2, 0.25) is 0 Å². The Balaban J connectivity index is 1.50. The Morgan fingerprint density at radius 1 is 0.793 bits per heavy atom.